The van der Waals surface area contributed by atoms with E-state index in [0.717, 1.165) is 21.9 Å². The van der Waals surface area contributed by atoms with Crippen LogP contribution in [0.15, 0.2) is 199 Å². The van der Waals surface area contributed by atoms with Crippen LogP contribution in [-0.2, 0) is 0 Å². The predicted molar refractivity (Wildman–Crippen MR) is 260 cm³/mol. The Hall–Kier alpha value is -7.52. The zero-order chi connectivity index (χ0) is 39.1. The van der Waals surface area contributed by atoms with E-state index >= 15 is 0 Å². The topological polar surface area (TPSA) is 13.1 Å². The highest BCUT2D eigenvalue weighted by atomic mass is 32.1. The van der Waals surface area contributed by atoms with Crippen LogP contribution in [0.5, 0.6) is 0 Å². The predicted octanol–water partition coefficient (Wildman–Crippen LogP) is 17.4. The molecule has 1 nitrogen and oxygen atoms in total. The quantitative estimate of drug-likeness (QED) is 0.126. The van der Waals surface area contributed by atoms with Gasteiger partial charge in [-0.15, -0.1) is 11.3 Å². The Kier molecular flexibility index (Phi) is 6.50. The van der Waals surface area contributed by atoms with Crippen LogP contribution in [0, 0.1) is 0 Å². The molecule has 2 aromatic heterocycles. The zero-order valence-electron chi connectivity index (χ0n) is 32.3. The Labute approximate surface area is 347 Å². The summed E-state index contributed by atoms with van der Waals surface area (Å²) in [6, 6.07) is 72.2. The second kappa shape index (κ2) is 12.0. The number of thiophene rings is 1. The molecule has 60 heavy (non-hydrogen) atoms. The second-order valence-corrected chi connectivity index (χ2v) is 17.4. The van der Waals surface area contributed by atoms with Gasteiger partial charge in [0.1, 0.15) is 11.2 Å². The molecule has 0 aliphatic carbocycles. The standard InChI is InChI=1S/C58H32OS/c1-2-12-34-26-46-45(25-33(34)11-1)39-15-5-6-16-40(39)48-32-56-52(31-47(46)48)51-29-38(22-24-55(51)60-56)58-43-19-9-7-17-41(43)57(42-18-8-10-20-44(42)58)37-21-23-53-49(28-37)50-27-35-13-3-4-14-36(35)30-54(50)59-53/h1-32H. The molecular formula is C58H32OS. The molecule has 0 N–H and O–H groups in total. The Bertz CT molecular complexity index is 4130. The second-order valence-electron chi connectivity index (χ2n) is 16.3. The summed E-state index contributed by atoms with van der Waals surface area (Å²) in [6.45, 7) is 0. The first-order valence-corrected chi connectivity index (χ1v) is 21.5. The Balaban J connectivity index is 1.02. The lowest BCUT2D eigenvalue weighted by atomic mass is 9.85. The summed E-state index contributed by atoms with van der Waals surface area (Å²) < 4.78 is 9.07. The van der Waals surface area contributed by atoms with Crippen molar-refractivity contribution in [2.75, 3.05) is 0 Å². The maximum atomic E-state index is 6.44. The van der Waals surface area contributed by atoms with Crippen LogP contribution >= 0.6 is 11.3 Å². The minimum atomic E-state index is 0.910. The van der Waals surface area contributed by atoms with Crippen LogP contribution in [0.3, 0.4) is 0 Å². The van der Waals surface area contributed by atoms with Gasteiger partial charge in [-0.1, -0.05) is 133 Å². The van der Waals surface area contributed by atoms with Gasteiger partial charge >= 0.3 is 0 Å². The first kappa shape index (κ1) is 32.4. The van der Waals surface area contributed by atoms with E-state index in [4.69, 9.17) is 4.42 Å². The van der Waals surface area contributed by atoms with Crippen molar-refractivity contribution in [3.8, 4) is 22.3 Å². The minimum Gasteiger partial charge on any atom is -0.456 e. The van der Waals surface area contributed by atoms with Gasteiger partial charge in [-0.2, -0.15) is 0 Å². The van der Waals surface area contributed by atoms with E-state index in [0.29, 0.717) is 0 Å². The van der Waals surface area contributed by atoms with E-state index in [2.05, 4.69) is 194 Å². The summed E-state index contributed by atoms with van der Waals surface area (Å²) in [5, 5.41) is 22.7. The number of hydrogen-bond donors (Lipinski definition) is 0. The number of rotatable bonds is 2. The van der Waals surface area contributed by atoms with Gasteiger partial charge in [0, 0.05) is 30.9 Å². The van der Waals surface area contributed by atoms with E-state index in [-0.39, 0.29) is 0 Å². The van der Waals surface area contributed by atoms with Crippen LogP contribution in [0.1, 0.15) is 0 Å². The van der Waals surface area contributed by atoms with Crippen molar-refractivity contribution in [2.24, 2.45) is 0 Å². The molecule has 0 saturated heterocycles. The molecule has 0 unspecified atom stereocenters. The molecule has 0 amide bonds. The monoisotopic (exact) mass is 776 g/mol. The molecular weight excluding hydrogens is 745 g/mol. The molecule has 0 atom stereocenters. The van der Waals surface area contributed by atoms with Gasteiger partial charge in [0.2, 0.25) is 0 Å². The SMILES string of the molecule is c1ccc2cc3c(cc2c1)oc1ccc(-c2c4ccccc4c(-c4ccc5sc6cc7c8ccccc8c8cc9ccccc9cc8c7cc6c5c4)c4ccccc24)cc13. The van der Waals surface area contributed by atoms with Crippen LogP contribution in [-0.4, -0.2) is 0 Å². The molecule has 0 spiro atoms. The van der Waals surface area contributed by atoms with Crippen molar-refractivity contribution < 1.29 is 4.42 Å². The van der Waals surface area contributed by atoms with E-state index in [9.17, 15) is 0 Å². The first-order valence-electron chi connectivity index (χ1n) is 20.6. The van der Waals surface area contributed by atoms with Crippen LogP contribution in [0.25, 0.3) is 140 Å². The fourth-order valence-electron chi connectivity index (χ4n) is 10.4. The van der Waals surface area contributed by atoms with Crippen LogP contribution < -0.4 is 0 Å². The Morgan fingerprint density at radius 3 is 1.27 bits per heavy atom. The normalized spacial score (nSPS) is 12.3. The van der Waals surface area contributed by atoms with Crippen LogP contribution in [0.2, 0.25) is 0 Å². The summed E-state index contributed by atoms with van der Waals surface area (Å²) in [5.74, 6) is 0. The summed E-state index contributed by atoms with van der Waals surface area (Å²) in [6.07, 6.45) is 0. The molecule has 14 aromatic rings. The average molecular weight is 777 g/mol. The molecule has 0 aliphatic rings. The molecule has 14 rings (SSSR count). The number of hydrogen-bond acceptors (Lipinski definition) is 2. The van der Waals surface area contributed by atoms with Gasteiger partial charge in [-0.25, -0.2) is 0 Å². The highest BCUT2D eigenvalue weighted by Gasteiger charge is 2.20. The number of furan rings is 1. The Morgan fingerprint density at radius 2 is 0.667 bits per heavy atom. The highest BCUT2D eigenvalue weighted by molar-refractivity contribution is 7.25. The van der Waals surface area contributed by atoms with Crippen molar-refractivity contribution in [3.05, 3.63) is 194 Å². The Morgan fingerprint density at radius 1 is 0.250 bits per heavy atom. The highest BCUT2D eigenvalue weighted by Crippen LogP contribution is 2.48. The van der Waals surface area contributed by atoms with Gasteiger partial charge in [-0.3, -0.25) is 0 Å². The summed E-state index contributed by atoms with van der Waals surface area (Å²) in [4.78, 5) is 0. The van der Waals surface area contributed by atoms with E-state index < -0.39 is 0 Å². The lowest BCUT2D eigenvalue weighted by Crippen LogP contribution is -1.90. The van der Waals surface area contributed by atoms with Gasteiger partial charge < -0.3 is 4.42 Å². The zero-order valence-corrected chi connectivity index (χ0v) is 33.1. The van der Waals surface area contributed by atoms with Crippen molar-refractivity contribution >= 4 is 129 Å². The van der Waals surface area contributed by atoms with Gasteiger partial charge in [-0.05, 0) is 158 Å². The molecule has 2 heterocycles. The molecule has 0 fully saturated rings. The van der Waals surface area contributed by atoms with Crippen molar-refractivity contribution in [1.29, 1.82) is 0 Å². The van der Waals surface area contributed by atoms with Crippen molar-refractivity contribution in [1.82, 2.24) is 0 Å². The van der Waals surface area contributed by atoms with Gasteiger partial charge in [0.25, 0.3) is 0 Å². The molecule has 0 radical (unpaired) electrons. The van der Waals surface area contributed by atoms with E-state index in [1.54, 1.807) is 0 Å². The minimum absolute atomic E-state index is 0.910. The van der Waals surface area contributed by atoms with E-state index in [1.807, 2.05) is 11.3 Å². The van der Waals surface area contributed by atoms with Crippen molar-refractivity contribution in [3.63, 3.8) is 0 Å². The summed E-state index contributed by atoms with van der Waals surface area (Å²) in [5.41, 5.74) is 6.78. The lowest BCUT2D eigenvalue weighted by molar-refractivity contribution is 0.669. The third kappa shape index (κ3) is 4.51. The third-order valence-corrected chi connectivity index (χ3v) is 14.3. The summed E-state index contributed by atoms with van der Waals surface area (Å²) in [7, 11) is 0. The number of fused-ring (bicyclic) bond motifs is 16. The average Bonchev–Trinajstić information content (AvgIpc) is 3.85. The van der Waals surface area contributed by atoms with E-state index in [1.165, 1.54) is 118 Å². The van der Waals surface area contributed by atoms with Gasteiger partial charge in [0.05, 0.1) is 0 Å². The first-order chi connectivity index (χ1) is 29.7. The maximum absolute atomic E-state index is 6.44. The largest absolute Gasteiger partial charge is 0.456 e. The number of benzene rings is 12. The fourth-order valence-corrected chi connectivity index (χ4v) is 11.5. The lowest BCUT2D eigenvalue weighted by Gasteiger charge is -2.18. The molecule has 2 heteroatoms. The van der Waals surface area contributed by atoms with Crippen LogP contribution in [0.4, 0.5) is 0 Å². The van der Waals surface area contributed by atoms with Crippen molar-refractivity contribution in [2.45, 2.75) is 0 Å². The van der Waals surface area contributed by atoms with Gasteiger partial charge in [0.15, 0.2) is 0 Å². The smallest absolute Gasteiger partial charge is 0.136 e. The molecule has 0 aliphatic heterocycles. The third-order valence-electron chi connectivity index (χ3n) is 13.1. The molecule has 0 saturated carbocycles. The molecule has 12 aromatic carbocycles. The maximum Gasteiger partial charge on any atom is 0.136 e. The molecule has 0 bridgehead atoms. The molecule has 276 valence electrons. The summed E-state index contributed by atoms with van der Waals surface area (Å²) >= 11 is 1.90. The fraction of sp³-hybridized carbons (Fsp3) is 0.